The number of hydrogen-bond donors (Lipinski definition) is 1. The first-order chi connectivity index (χ1) is 10.8. The maximum absolute atomic E-state index is 10.8. The number of hydrogen-bond acceptors (Lipinski definition) is 1. The van der Waals surface area contributed by atoms with Crippen LogP contribution in [0.1, 0.15) is 36.7 Å². The molecule has 0 unspecified atom stereocenters. The lowest BCUT2D eigenvalue weighted by molar-refractivity contribution is 0.0699. The van der Waals surface area contributed by atoms with E-state index in [1.54, 1.807) is 6.20 Å². The van der Waals surface area contributed by atoms with E-state index in [1.165, 1.54) is 5.56 Å². The van der Waals surface area contributed by atoms with E-state index in [0.29, 0.717) is 11.0 Å². The third kappa shape index (κ3) is 4.01. The number of aromatic nitrogens is 1. The van der Waals surface area contributed by atoms with E-state index >= 15 is 0 Å². The van der Waals surface area contributed by atoms with Gasteiger partial charge in [0.2, 0.25) is 0 Å². The Morgan fingerprint density at radius 1 is 0.957 bits per heavy atom. The second kappa shape index (κ2) is 6.69. The summed E-state index contributed by atoms with van der Waals surface area (Å²) in [4.78, 5) is 10.8. The molecule has 0 fully saturated rings. The molecule has 3 nitrogen and oxygen atoms in total. The highest BCUT2D eigenvalue weighted by Crippen LogP contribution is 2.21. The molecular weight excluding hydrogens is 286 g/mol. The summed E-state index contributed by atoms with van der Waals surface area (Å²) in [6.07, 6.45) is 1.63. The third-order valence-corrected chi connectivity index (χ3v) is 3.77. The minimum absolute atomic E-state index is 0.293. The second-order valence-electron chi connectivity index (χ2n) is 6.59. The first-order valence-corrected chi connectivity index (χ1v) is 7.63. The van der Waals surface area contributed by atoms with Crippen LogP contribution in [0.15, 0.2) is 60.8 Å². The fourth-order valence-electron chi connectivity index (χ4n) is 2.45. The molecule has 0 aliphatic heterocycles. The molecule has 0 aliphatic carbocycles. The molecule has 1 heterocycles. The van der Waals surface area contributed by atoms with Crippen molar-refractivity contribution in [2.75, 3.05) is 0 Å². The minimum atomic E-state index is -0.878. The zero-order chi connectivity index (χ0) is 17.0. The molecule has 0 saturated carbocycles. The van der Waals surface area contributed by atoms with Crippen LogP contribution in [0.2, 0.25) is 0 Å². The van der Waals surface area contributed by atoms with E-state index in [4.69, 9.17) is 5.11 Å². The van der Waals surface area contributed by atoms with Crippen molar-refractivity contribution < 1.29 is 9.90 Å². The van der Waals surface area contributed by atoms with Crippen LogP contribution < -0.4 is 0 Å². The van der Waals surface area contributed by atoms with Gasteiger partial charge in [-0.2, -0.15) is 0 Å². The molecule has 0 bridgehead atoms. The molecule has 1 aromatic heterocycles. The summed E-state index contributed by atoms with van der Waals surface area (Å²) in [6.45, 7) is 6.67. The van der Waals surface area contributed by atoms with Crippen LogP contribution in [0.3, 0.4) is 0 Å². The average molecular weight is 309 g/mol. The van der Waals surface area contributed by atoms with Crippen molar-refractivity contribution in [3.05, 3.63) is 71.9 Å². The summed E-state index contributed by atoms with van der Waals surface area (Å²) in [5, 5.41) is 9.67. The zero-order valence-corrected chi connectivity index (χ0v) is 14.1. The van der Waals surface area contributed by atoms with Crippen molar-refractivity contribution in [1.82, 2.24) is 4.57 Å². The molecule has 0 saturated heterocycles. The Bertz CT molecular complexity index is 795. The van der Waals surface area contributed by atoms with Crippen molar-refractivity contribution in [3.8, 4) is 0 Å². The fourth-order valence-corrected chi connectivity index (χ4v) is 2.45. The van der Waals surface area contributed by atoms with Gasteiger partial charge in [-0.1, -0.05) is 69.3 Å². The summed E-state index contributed by atoms with van der Waals surface area (Å²) in [7, 11) is 1.84. The summed E-state index contributed by atoms with van der Waals surface area (Å²) in [5.74, 6) is -0.878. The fraction of sp³-hybridized carbons (Fsp3) is 0.250. The topological polar surface area (TPSA) is 42.2 Å². The van der Waals surface area contributed by atoms with Gasteiger partial charge in [0, 0.05) is 24.1 Å². The van der Waals surface area contributed by atoms with Crippen molar-refractivity contribution in [3.63, 3.8) is 0 Å². The monoisotopic (exact) mass is 309 g/mol. The van der Waals surface area contributed by atoms with Crippen molar-refractivity contribution >= 4 is 16.9 Å². The standard InChI is InChI=1S/C10H9NO2.C10H14/c1-11-6-8(10(12)13)7-4-2-3-5-9(7)11;1-10(2,3)9-7-5-4-6-8-9/h2-6H,1H3,(H,12,13);4-8H,1-3H3. The lowest BCUT2D eigenvalue weighted by Crippen LogP contribution is -2.10. The highest BCUT2D eigenvalue weighted by atomic mass is 16.4. The second-order valence-corrected chi connectivity index (χ2v) is 6.59. The number of para-hydroxylation sites is 1. The van der Waals surface area contributed by atoms with E-state index in [2.05, 4.69) is 51.1 Å². The van der Waals surface area contributed by atoms with Crippen LogP contribution in [-0.2, 0) is 12.5 Å². The highest BCUT2D eigenvalue weighted by Gasteiger charge is 2.11. The number of carboxylic acids is 1. The van der Waals surface area contributed by atoms with Crippen LogP contribution in [0.5, 0.6) is 0 Å². The molecule has 0 radical (unpaired) electrons. The molecule has 3 rings (SSSR count). The number of carbonyl (C=O) groups is 1. The molecule has 120 valence electrons. The van der Waals surface area contributed by atoms with Gasteiger partial charge in [0.05, 0.1) is 5.56 Å². The Labute approximate surface area is 137 Å². The molecule has 1 N–H and O–H groups in total. The summed E-state index contributed by atoms with van der Waals surface area (Å²) in [5.41, 5.74) is 2.99. The van der Waals surface area contributed by atoms with Crippen LogP contribution in [0.25, 0.3) is 10.9 Å². The number of rotatable bonds is 1. The smallest absolute Gasteiger partial charge is 0.337 e. The number of nitrogens with zero attached hydrogens (tertiary/aromatic N) is 1. The van der Waals surface area contributed by atoms with E-state index < -0.39 is 5.97 Å². The number of carboxylic acid groups (broad SMARTS) is 1. The van der Waals surface area contributed by atoms with Gasteiger partial charge in [-0.3, -0.25) is 0 Å². The van der Waals surface area contributed by atoms with Crippen molar-refractivity contribution in [2.24, 2.45) is 7.05 Å². The third-order valence-electron chi connectivity index (χ3n) is 3.77. The van der Waals surface area contributed by atoms with Crippen LogP contribution >= 0.6 is 0 Å². The van der Waals surface area contributed by atoms with Gasteiger partial charge < -0.3 is 9.67 Å². The van der Waals surface area contributed by atoms with Gasteiger partial charge in [0.25, 0.3) is 0 Å². The van der Waals surface area contributed by atoms with E-state index in [0.717, 1.165) is 10.9 Å². The highest BCUT2D eigenvalue weighted by molar-refractivity contribution is 6.03. The van der Waals surface area contributed by atoms with E-state index in [1.807, 2.05) is 35.9 Å². The van der Waals surface area contributed by atoms with Gasteiger partial charge in [0.1, 0.15) is 0 Å². The number of benzene rings is 2. The molecule has 23 heavy (non-hydrogen) atoms. The van der Waals surface area contributed by atoms with Crippen molar-refractivity contribution in [1.29, 1.82) is 0 Å². The SMILES string of the molecule is CC(C)(C)c1ccccc1.Cn1cc(C(=O)O)c2ccccc21. The predicted octanol–water partition coefficient (Wildman–Crippen LogP) is 4.86. The lowest BCUT2D eigenvalue weighted by Gasteiger charge is -2.18. The van der Waals surface area contributed by atoms with Gasteiger partial charge in [0.15, 0.2) is 0 Å². The van der Waals surface area contributed by atoms with Gasteiger partial charge >= 0.3 is 5.97 Å². The number of fused-ring (bicyclic) bond motifs is 1. The van der Waals surface area contributed by atoms with Crippen LogP contribution in [0.4, 0.5) is 0 Å². The number of aromatic carboxylic acids is 1. The Morgan fingerprint density at radius 3 is 2.04 bits per heavy atom. The Hall–Kier alpha value is -2.55. The zero-order valence-electron chi connectivity index (χ0n) is 14.1. The van der Waals surface area contributed by atoms with Crippen LogP contribution in [-0.4, -0.2) is 15.6 Å². The van der Waals surface area contributed by atoms with Gasteiger partial charge in [-0.15, -0.1) is 0 Å². The average Bonchev–Trinajstić information content (AvgIpc) is 2.86. The van der Waals surface area contributed by atoms with Crippen LogP contribution in [0, 0.1) is 0 Å². The quantitative estimate of drug-likeness (QED) is 0.697. The molecule has 2 aromatic carbocycles. The maximum atomic E-state index is 10.8. The molecule has 3 aromatic rings. The normalized spacial score (nSPS) is 11.0. The first kappa shape index (κ1) is 16.8. The first-order valence-electron chi connectivity index (χ1n) is 7.63. The van der Waals surface area contributed by atoms with Gasteiger partial charge in [-0.25, -0.2) is 4.79 Å². The summed E-state index contributed by atoms with van der Waals surface area (Å²) < 4.78 is 1.82. The molecule has 3 heteroatoms. The molecule has 0 amide bonds. The molecular formula is C20H23NO2. The predicted molar refractivity (Wildman–Crippen MR) is 95.0 cm³/mol. The number of aryl methyl sites for hydroxylation is 1. The molecule has 0 atom stereocenters. The summed E-state index contributed by atoms with van der Waals surface area (Å²) >= 11 is 0. The summed E-state index contributed by atoms with van der Waals surface area (Å²) in [6, 6.07) is 18.0. The van der Waals surface area contributed by atoms with Crippen molar-refractivity contribution in [2.45, 2.75) is 26.2 Å². The Balaban J connectivity index is 0.000000174. The maximum Gasteiger partial charge on any atom is 0.337 e. The Kier molecular flexibility index (Phi) is 4.89. The molecule has 0 spiro atoms. The van der Waals surface area contributed by atoms with E-state index in [9.17, 15) is 4.79 Å². The van der Waals surface area contributed by atoms with Gasteiger partial charge in [-0.05, 0) is 17.0 Å². The van der Waals surface area contributed by atoms with E-state index in [-0.39, 0.29) is 0 Å². The Morgan fingerprint density at radius 2 is 1.52 bits per heavy atom. The largest absolute Gasteiger partial charge is 0.478 e. The minimum Gasteiger partial charge on any atom is -0.478 e. The molecule has 0 aliphatic rings. The lowest BCUT2D eigenvalue weighted by atomic mass is 9.87.